The fourth-order valence-electron chi connectivity index (χ4n) is 8.02. The summed E-state index contributed by atoms with van der Waals surface area (Å²) in [5.74, 6) is -0.485. The van der Waals surface area contributed by atoms with Gasteiger partial charge in [-0.15, -0.1) is 0 Å². The molecule has 0 heterocycles. The van der Waals surface area contributed by atoms with Crippen molar-refractivity contribution in [3.63, 3.8) is 0 Å². The zero-order valence-electron chi connectivity index (χ0n) is 43.1. The predicted octanol–water partition coefficient (Wildman–Crippen LogP) is 12.7. The van der Waals surface area contributed by atoms with E-state index in [0.29, 0.717) is 13.0 Å². The zero-order valence-corrected chi connectivity index (χ0v) is 44.0. The largest absolute Gasteiger partial charge is 0.472 e. The predicted molar refractivity (Wildman–Crippen MR) is 281 cm³/mol. The highest BCUT2D eigenvalue weighted by molar-refractivity contribution is 7.47. The molecule has 0 spiro atoms. The van der Waals surface area contributed by atoms with Crippen molar-refractivity contribution in [3.05, 3.63) is 72.9 Å². The second-order valence-electron chi connectivity index (χ2n) is 18.7. The van der Waals surface area contributed by atoms with Crippen molar-refractivity contribution in [2.45, 2.75) is 256 Å². The number of unbranched alkanes of at least 4 members (excludes halogenated alkanes) is 22. The molecule has 0 aromatic carbocycles. The lowest BCUT2D eigenvalue weighted by atomic mass is 9.85. The van der Waals surface area contributed by atoms with Crippen LogP contribution in [0.25, 0.3) is 0 Å². The Morgan fingerprint density at radius 2 is 0.855 bits per heavy atom. The van der Waals surface area contributed by atoms with Crippen molar-refractivity contribution in [1.29, 1.82) is 0 Å². The summed E-state index contributed by atoms with van der Waals surface area (Å²) < 4.78 is 34.4. The first-order valence-corrected chi connectivity index (χ1v) is 28.8. The molecule has 1 aliphatic rings. The Labute approximate surface area is 419 Å². The summed E-state index contributed by atoms with van der Waals surface area (Å²) in [6, 6.07) is 0. The summed E-state index contributed by atoms with van der Waals surface area (Å²) in [5, 5.41) is 50.4. The van der Waals surface area contributed by atoms with E-state index in [1.165, 1.54) is 96.3 Å². The van der Waals surface area contributed by atoms with E-state index >= 15 is 0 Å². The maximum atomic E-state index is 12.9. The third-order valence-corrected chi connectivity index (χ3v) is 13.3. The Morgan fingerprint density at radius 3 is 1.30 bits per heavy atom. The molecule has 1 saturated carbocycles. The number of phosphoric acid groups is 1. The van der Waals surface area contributed by atoms with Crippen molar-refractivity contribution in [3.8, 4) is 0 Å². The Bertz CT molecular complexity index is 1410. The van der Waals surface area contributed by atoms with Crippen LogP contribution >= 0.6 is 7.82 Å². The van der Waals surface area contributed by atoms with Crippen molar-refractivity contribution in [2.24, 2.45) is 0 Å². The van der Waals surface area contributed by atoms with Gasteiger partial charge in [0.25, 0.3) is 0 Å². The molecule has 0 aromatic heterocycles. The van der Waals surface area contributed by atoms with Crippen LogP contribution in [-0.4, -0.2) is 98.9 Å². The van der Waals surface area contributed by atoms with Gasteiger partial charge in [0.15, 0.2) is 0 Å². The molecule has 6 atom stereocenters. The first-order chi connectivity index (χ1) is 33.5. The molecule has 1 rings (SSSR count). The molecular formula is C56H99O12P. The fraction of sp³-hybridized carbons (Fsp3) is 0.768. The number of phosphoric ester groups is 1. The van der Waals surface area contributed by atoms with Crippen molar-refractivity contribution in [2.75, 3.05) is 19.8 Å². The molecule has 6 N–H and O–H groups in total. The zero-order chi connectivity index (χ0) is 50.5. The Kier molecular flexibility index (Phi) is 42.8. The van der Waals surface area contributed by atoms with Gasteiger partial charge in [0.1, 0.15) is 42.7 Å². The molecule has 6 unspecified atom stereocenters. The number of aliphatic hydroxyl groups excluding tert-OH is 5. The van der Waals surface area contributed by atoms with Gasteiger partial charge in [0.05, 0.1) is 13.2 Å². The van der Waals surface area contributed by atoms with Gasteiger partial charge in [0.2, 0.25) is 0 Å². The summed E-state index contributed by atoms with van der Waals surface area (Å²) >= 11 is 0. The summed E-state index contributed by atoms with van der Waals surface area (Å²) in [7, 11) is -5.03. The second-order valence-corrected chi connectivity index (χ2v) is 20.1. The highest BCUT2D eigenvalue weighted by Crippen LogP contribution is 2.47. The monoisotopic (exact) mass is 995 g/mol. The number of allylic oxidation sites excluding steroid dienone is 12. The third kappa shape index (κ3) is 37.2. The average molecular weight is 995 g/mol. The number of esters is 1. The van der Waals surface area contributed by atoms with Crippen LogP contribution in [0.4, 0.5) is 0 Å². The van der Waals surface area contributed by atoms with Crippen molar-refractivity contribution < 1.29 is 58.3 Å². The minimum Gasteiger partial charge on any atom is -0.457 e. The maximum Gasteiger partial charge on any atom is 0.472 e. The van der Waals surface area contributed by atoms with E-state index in [1.807, 2.05) is 0 Å². The summed E-state index contributed by atoms with van der Waals surface area (Å²) in [6.45, 7) is 4.13. The molecule has 69 heavy (non-hydrogen) atoms. The minimum absolute atomic E-state index is 0.0851. The molecule has 0 amide bonds. The van der Waals surface area contributed by atoms with E-state index in [0.717, 1.165) is 89.9 Å². The number of rotatable bonds is 46. The highest BCUT2D eigenvalue weighted by atomic mass is 31.2. The number of aliphatic hydroxyl groups is 5. The van der Waals surface area contributed by atoms with Gasteiger partial charge in [-0.2, -0.15) is 0 Å². The summed E-state index contributed by atoms with van der Waals surface area (Å²) in [6.07, 6.45) is 48.2. The van der Waals surface area contributed by atoms with Crippen molar-refractivity contribution >= 4 is 13.8 Å². The topological polar surface area (TPSA) is 192 Å². The Hall–Kier alpha value is -2.22. The minimum atomic E-state index is -5.03. The highest BCUT2D eigenvalue weighted by Gasteiger charge is 2.51. The molecule has 400 valence electrons. The van der Waals surface area contributed by atoms with Crippen LogP contribution in [0.5, 0.6) is 0 Å². The lowest BCUT2D eigenvalue weighted by molar-refractivity contribution is -0.220. The summed E-state index contributed by atoms with van der Waals surface area (Å²) in [4.78, 5) is 23.3. The van der Waals surface area contributed by atoms with Crippen LogP contribution in [-0.2, 0) is 27.9 Å². The van der Waals surface area contributed by atoms with Gasteiger partial charge in [-0.1, -0.05) is 196 Å². The molecule has 0 aliphatic heterocycles. The maximum absolute atomic E-state index is 12.9. The quantitative estimate of drug-likeness (QED) is 0.0147. The summed E-state index contributed by atoms with van der Waals surface area (Å²) in [5.41, 5.74) is 0. The van der Waals surface area contributed by atoms with Gasteiger partial charge in [-0.05, 0) is 83.5 Å². The fourth-order valence-corrected chi connectivity index (χ4v) is 9.00. The van der Waals surface area contributed by atoms with E-state index in [1.54, 1.807) is 0 Å². The molecule has 12 nitrogen and oxygen atoms in total. The van der Waals surface area contributed by atoms with E-state index in [4.69, 9.17) is 18.5 Å². The standard InChI is InChI=1S/C56H99O12P/c1-3-5-7-9-11-13-15-17-19-21-23-24-25-26-27-29-31-33-35-37-39-41-43-45-50(57)67-49(48-66-69(63,64)68-56-54(61)52(59)51(58)53(60)55(56)62)47-65-46-44-42-40-38-36-34-32-30-28-22-20-18-16-14-12-10-8-6-4-2/h5,7,11,13-14,16-17,19-20,22-24,49,51-56,58-62H,3-4,6,8-10,12,15,18,21,25-48H2,1-2H3,(H,63,64)/b7-5-,13-11-,16-14-,19-17-,22-20-,24-23-. The molecule has 1 fully saturated rings. The smallest absolute Gasteiger partial charge is 0.457 e. The lowest BCUT2D eigenvalue weighted by Gasteiger charge is -2.41. The number of ether oxygens (including phenoxy) is 2. The first-order valence-electron chi connectivity index (χ1n) is 27.3. The van der Waals surface area contributed by atoms with E-state index < -0.39 is 63.1 Å². The molecule has 0 bridgehead atoms. The molecule has 0 aromatic rings. The van der Waals surface area contributed by atoms with Crippen molar-refractivity contribution in [1.82, 2.24) is 0 Å². The van der Waals surface area contributed by atoms with Crippen LogP contribution in [0.1, 0.15) is 213 Å². The molecule has 1 aliphatic carbocycles. The molecular weight excluding hydrogens is 896 g/mol. The molecule has 13 heteroatoms. The average Bonchev–Trinajstić information content (AvgIpc) is 3.34. The second kappa shape index (κ2) is 45.6. The van der Waals surface area contributed by atoms with Gasteiger partial charge in [0, 0.05) is 13.0 Å². The van der Waals surface area contributed by atoms with Crippen LogP contribution in [0.2, 0.25) is 0 Å². The number of carbonyl (C=O) groups is 1. The van der Waals surface area contributed by atoms with E-state index in [9.17, 15) is 39.8 Å². The molecule has 0 saturated heterocycles. The van der Waals surface area contributed by atoms with E-state index in [-0.39, 0.29) is 13.0 Å². The number of carbonyl (C=O) groups excluding carboxylic acids is 1. The Balaban J connectivity index is 2.32. The van der Waals surface area contributed by atoms with Crippen LogP contribution < -0.4 is 0 Å². The van der Waals surface area contributed by atoms with Gasteiger partial charge >= 0.3 is 13.8 Å². The number of hydrogen-bond donors (Lipinski definition) is 6. The van der Waals surface area contributed by atoms with Gasteiger partial charge < -0.3 is 39.9 Å². The normalized spacial score (nSPS) is 21.6. The van der Waals surface area contributed by atoms with E-state index in [2.05, 4.69) is 86.8 Å². The lowest BCUT2D eigenvalue weighted by Crippen LogP contribution is -2.64. The van der Waals surface area contributed by atoms with Crippen LogP contribution in [0.15, 0.2) is 72.9 Å². The number of hydrogen-bond acceptors (Lipinski definition) is 11. The first kappa shape index (κ1) is 64.8. The molecule has 0 radical (unpaired) electrons. The van der Waals surface area contributed by atoms with Crippen LogP contribution in [0.3, 0.4) is 0 Å². The SMILES string of the molecule is CC/C=C\C/C=C\C/C=C\C/C=C\CCCCCCCCCCCCC(=O)OC(COCCCCCCCCCC/C=C\C/C=C\CCCCCC)COP(=O)(O)OC1C(O)C(O)C(O)C(O)C1O. The third-order valence-electron chi connectivity index (χ3n) is 12.3. The van der Waals surface area contributed by atoms with Crippen LogP contribution in [0, 0.1) is 0 Å². The Morgan fingerprint density at radius 1 is 0.478 bits per heavy atom. The van der Waals surface area contributed by atoms with Gasteiger partial charge in [-0.25, -0.2) is 4.57 Å². The van der Waals surface area contributed by atoms with Gasteiger partial charge in [-0.3, -0.25) is 13.8 Å².